The first-order chi connectivity index (χ1) is 12.4. The molecule has 2 aromatic carbocycles. The van der Waals surface area contributed by atoms with Gasteiger partial charge in [-0.15, -0.1) is 0 Å². The second-order valence-corrected chi connectivity index (χ2v) is 6.75. The van der Waals surface area contributed by atoms with Crippen molar-refractivity contribution in [1.82, 2.24) is 4.98 Å². The van der Waals surface area contributed by atoms with Crippen LogP contribution in [0.15, 0.2) is 65.5 Å². The number of H-pyrrole nitrogens is 1. The van der Waals surface area contributed by atoms with E-state index in [9.17, 15) is 9.59 Å². The molecule has 1 amide bonds. The monoisotopic (exact) mass is 386 g/mol. The summed E-state index contributed by atoms with van der Waals surface area (Å²) in [6, 6.07) is 17.4. The van der Waals surface area contributed by atoms with E-state index in [0.29, 0.717) is 21.4 Å². The van der Waals surface area contributed by atoms with E-state index in [-0.39, 0.29) is 12.1 Å². The Balaban J connectivity index is 2.03. The zero-order valence-electron chi connectivity index (χ0n) is 14.0. The molecule has 0 saturated heterocycles. The van der Waals surface area contributed by atoms with Gasteiger partial charge >= 0.3 is 0 Å². The van der Waals surface area contributed by atoms with E-state index in [1.54, 1.807) is 49.4 Å². The fourth-order valence-corrected chi connectivity index (χ4v) is 2.89. The van der Waals surface area contributed by atoms with Crippen molar-refractivity contribution < 1.29 is 4.79 Å². The number of benzene rings is 2. The summed E-state index contributed by atoms with van der Waals surface area (Å²) in [6.07, 6.45) is 0. The SMILES string of the molecule is Cc1ccc(C(=O)N(Cc2ccc(Cl)cc2)c2cccc(Cl)c2)c(=O)[nH]1. The van der Waals surface area contributed by atoms with Crippen LogP contribution in [0.1, 0.15) is 21.6 Å². The van der Waals surface area contributed by atoms with Gasteiger partial charge in [-0.3, -0.25) is 9.59 Å². The van der Waals surface area contributed by atoms with Crippen molar-refractivity contribution in [3.05, 3.63) is 97.9 Å². The van der Waals surface area contributed by atoms with Crippen LogP contribution in [0.3, 0.4) is 0 Å². The van der Waals surface area contributed by atoms with Gasteiger partial charge in [0.15, 0.2) is 0 Å². The minimum atomic E-state index is -0.418. The number of amides is 1. The van der Waals surface area contributed by atoms with Crippen LogP contribution in [0.25, 0.3) is 0 Å². The molecule has 3 aromatic rings. The van der Waals surface area contributed by atoms with Crippen LogP contribution in [0.2, 0.25) is 10.0 Å². The van der Waals surface area contributed by atoms with E-state index in [1.807, 2.05) is 12.1 Å². The number of nitrogens with one attached hydrogen (secondary N) is 1. The number of hydrogen-bond acceptors (Lipinski definition) is 2. The standard InChI is InChI=1S/C20H16Cl2N2O2/c1-13-5-10-18(19(25)23-13)20(26)24(17-4-2-3-16(22)11-17)12-14-6-8-15(21)9-7-14/h2-11H,12H2,1H3,(H,23,25). The van der Waals surface area contributed by atoms with Gasteiger partial charge in [0, 0.05) is 21.4 Å². The molecule has 0 unspecified atom stereocenters. The van der Waals surface area contributed by atoms with Crippen molar-refractivity contribution in [3.63, 3.8) is 0 Å². The Morgan fingerprint density at radius 2 is 1.73 bits per heavy atom. The molecule has 0 aliphatic heterocycles. The van der Waals surface area contributed by atoms with Crippen molar-refractivity contribution >= 4 is 34.8 Å². The van der Waals surface area contributed by atoms with Crippen LogP contribution in [0.4, 0.5) is 5.69 Å². The maximum Gasteiger partial charge on any atom is 0.264 e. The normalized spacial score (nSPS) is 10.6. The Hall–Kier alpha value is -2.56. The van der Waals surface area contributed by atoms with Gasteiger partial charge < -0.3 is 9.88 Å². The van der Waals surface area contributed by atoms with Crippen LogP contribution in [0, 0.1) is 6.92 Å². The van der Waals surface area contributed by atoms with Crippen LogP contribution in [-0.2, 0) is 6.54 Å². The van der Waals surface area contributed by atoms with E-state index >= 15 is 0 Å². The largest absolute Gasteiger partial charge is 0.326 e. The van der Waals surface area contributed by atoms with Crippen LogP contribution < -0.4 is 10.5 Å². The molecule has 26 heavy (non-hydrogen) atoms. The average Bonchev–Trinajstić information content (AvgIpc) is 2.61. The summed E-state index contributed by atoms with van der Waals surface area (Å²) in [6.45, 7) is 2.04. The molecule has 0 radical (unpaired) electrons. The predicted octanol–water partition coefficient (Wildman–Crippen LogP) is 4.84. The summed E-state index contributed by atoms with van der Waals surface area (Å²) < 4.78 is 0. The average molecular weight is 387 g/mol. The highest BCUT2D eigenvalue weighted by Crippen LogP contribution is 2.23. The number of carbonyl (C=O) groups excluding carboxylic acids is 1. The number of carbonyl (C=O) groups is 1. The summed E-state index contributed by atoms with van der Waals surface area (Å²) in [4.78, 5) is 29.5. The first-order valence-corrected chi connectivity index (χ1v) is 8.71. The lowest BCUT2D eigenvalue weighted by Gasteiger charge is -2.23. The van der Waals surface area contributed by atoms with Gasteiger partial charge in [0.1, 0.15) is 5.56 Å². The number of hydrogen-bond donors (Lipinski definition) is 1. The molecule has 0 bridgehead atoms. The Morgan fingerprint density at radius 1 is 1.00 bits per heavy atom. The molecule has 0 spiro atoms. The topological polar surface area (TPSA) is 53.2 Å². The number of halogens is 2. The zero-order chi connectivity index (χ0) is 18.7. The second kappa shape index (κ2) is 7.77. The van der Waals surface area contributed by atoms with E-state index in [4.69, 9.17) is 23.2 Å². The minimum absolute atomic E-state index is 0.0736. The Bertz CT molecular complexity index is 997. The quantitative estimate of drug-likeness (QED) is 0.697. The highest BCUT2D eigenvalue weighted by molar-refractivity contribution is 6.31. The van der Waals surface area contributed by atoms with Gasteiger partial charge in [-0.2, -0.15) is 0 Å². The molecule has 132 valence electrons. The summed E-state index contributed by atoms with van der Waals surface area (Å²) >= 11 is 12.0. The van der Waals surface area contributed by atoms with Crippen LogP contribution >= 0.6 is 23.2 Å². The van der Waals surface area contributed by atoms with Crippen molar-refractivity contribution in [2.24, 2.45) is 0 Å². The van der Waals surface area contributed by atoms with E-state index in [1.165, 1.54) is 11.0 Å². The van der Waals surface area contributed by atoms with Crippen LogP contribution in [0.5, 0.6) is 0 Å². The number of nitrogens with zero attached hydrogens (tertiary/aromatic N) is 1. The first kappa shape index (κ1) is 18.2. The molecule has 6 heteroatoms. The molecule has 0 aliphatic carbocycles. The molecule has 1 aromatic heterocycles. The maximum atomic E-state index is 13.1. The van der Waals surface area contributed by atoms with Gasteiger partial charge in [0.25, 0.3) is 11.5 Å². The fraction of sp³-hybridized carbons (Fsp3) is 0.100. The molecule has 0 aliphatic rings. The Labute approximate surface area is 161 Å². The summed E-state index contributed by atoms with van der Waals surface area (Å²) in [5.74, 6) is -0.400. The van der Waals surface area contributed by atoms with Crippen LogP contribution in [-0.4, -0.2) is 10.9 Å². The highest BCUT2D eigenvalue weighted by Gasteiger charge is 2.21. The minimum Gasteiger partial charge on any atom is -0.326 e. The zero-order valence-corrected chi connectivity index (χ0v) is 15.5. The van der Waals surface area contributed by atoms with Crippen molar-refractivity contribution in [2.75, 3.05) is 4.90 Å². The molecular formula is C20H16Cl2N2O2. The Kier molecular flexibility index (Phi) is 5.45. The second-order valence-electron chi connectivity index (χ2n) is 5.88. The van der Waals surface area contributed by atoms with Gasteiger partial charge in [0.2, 0.25) is 0 Å². The number of pyridine rings is 1. The van der Waals surface area contributed by atoms with Crippen molar-refractivity contribution in [3.8, 4) is 0 Å². The molecule has 0 fully saturated rings. The molecular weight excluding hydrogens is 371 g/mol. The maximum absolute atomic E-state index is 13.1. The smallest absolute Gasteiger partial charge is 0.264 e. The highest BCUT2D eigenvalue weighted by atomic mass is 35.5. The molecule has 3 rings (SSSR count). The number of aryl methyl sites for hydroxylation is 1. The van der Waals surface area contributed by atoms with Crippen molar-refractivity contribution in [1.29, 1.82) is 0 Å². The summed E-state index contributed by atoms with van der Waals surface area (Å²) in [7, 11) is 0. The lowest BCUT2D eigenvalue weighted by molar-refractivity contribution is 0.0983. The van der Waals surface area contributed by atoms with Gasteiger partial charge in [-0.1, -0.05) is 41.4 Å². The third-order valence-electron chi connectivity index (χ3n) is 3.90. The molecule has 1 heterocycles. The molecule has 1 N–H and O–H groups in total. The molecule has 0 atom stereocenters. The number of aromatic amines is 1. The predicted molar refractivity (Wildman–Crippen MR) is 105 cm³/mol. The van der Waals surface area contributed by atoms with E-state index in [2.05, 4.69) is 4.98 Å². The first-order valence-electron chi connectivity index (χ1n) is 7.96. The fourth-order valence-electron chi connectivity index (χ4n) is 2.58. The van der Waals surface area contributed by atoms with Gasteiger partial charge in [-0.05, 0) is 55.0 Å². The number of anilines is 1. The Morgan fingerprint density at radius 3 is 2.38 bits per heavy atom. The number of aromatic nitrogens is 1. The molecule has 0 saturated carbocycles. The van der Waals surface area contributed by atoms with E-state index < -0.39 is 11.5 Å². The van der Waals surface area contributed by atoms with Crippen molar-refractivity contribution in [2.45, 2.75) is 13.5 Å². The number of rotatable bonds is 4. The van der Waals surface area contributed by atoms with E-state index in [0.717, 1.165) is 5.56 Å². The lowest BCUT2D eigenvalue weighted by Crippen LogP contribution is -2.34. The van der Waals surface area contributed by atoms with Gasteiger partial charge in [0.05, 0.1) is 6.54 Å². The summed E-state index contributed by atoms with van der Waals surface area (Å²) in [5, 5.41) is 1.12. The lowest BCUT2D eigenvalue weighted by atomic mass is 10.1. The third kappa shape index (κ3) is 4.15. The third-order valence-corrected chi connectivity index (χ3v) is 4.39. The van der Waals surface area contributed by atoms with Gasteiger partial charge in [-0.25, -0.2) is 0 Å². The molecule has 4 nitrogen and oxygen atoms in total. The summed E-state index contributed by atoms with van der Waals surface area (Å²) in [5.41, 5.74) is 1.84.